The number of carbonyl (C=O) groups excluding carboxylic acids is 2. The van der Waals surface area contributed by atoms with E-state index in [4.69, 9.17) is 0 Å². The van der Waals surface area contributed by atoms with E-state index in [1.807, 2.05) is 26.4 Å². The van der Waals surface area contributed by atoms with Crippen LogP contribution >= 0.6 is 0 Å². The Morgan fingerprint density at radius 3 is 2.18 bits per heavy atom. The standard InChI is InChI=1S/C14H12N3O2.C2H6.Tl/c18-13-11-5-1-2-6-12(11)14(19)17(13)7-3-4-10-8-15-9-16-10;1-2;/h1-2,5-6,8-9H,3-4,7H2;1-2H3;/q-1;;+1. The second-order valence-electron chi connectivity index (χ2n) is 4.72. The Morgan fingerprint density at radius 2 is 1.68 bits per heavy atom. The molecule has 1 aliphatic rings. The van der Waals surface area contributed by atoms with Crippen molar-refractivity contribution in [2.75, 3.05) is 6.54 Å². The zero-order valence-corrected chi connectivity index (χ0v) is 17.3. The first-order valence-corrected chi connectivity index (χ1v) is 9.41. The number of hydrogen-bond donors (Lipinski definition) is 0. The fraction of sp³-hybridized carbons (Fsp3) is 0.312. The molecule has 0 aliphatic carbocycles. The molecule has 1 aromatic heterocycles. The van der Waals surface area contributed by atoms with Crippen LogP contribution in [0, 0.1) is 0 Å². The van der Waals surface area contributed by atoms with Crippen LogP contribution in [0.5, 0.6) is 0 Å². The predicted molar refractivity (Wildman–Crippen MR) is 84.9 cm³/mol. The summed E-state index contributed by atoms with van der Waals surface area (Å²) in [5, 5.41) is 0. The minimum atomic E-state index is -0.180. The van der Waals surface area contributed by atoms with Gasteiger partial charge in [0, 0.05) is 0 Å². The molecule has 2 amide bonds. The number of nitrogens with zero attached hydrogens (tertiary/aromatic N) is 3. The van der Waals surface area contributed by atoms with Crippen molar-refractivity contribution >= 4 is 37.9 Å². The SMILES string of the molecule is CC.O=C1c2ccccc2C(=O)N1CCCc1c[n]([Tl])cn1. The van der Waals surface area contributed by atoms with Crippen molar-refractivity contribution in [3.63, 3.8) is 0 Å². The molecule has 0 fully saturated rings. The maximum absolute atomic E-state index is 12.1. The Hall–Kier alpha value is -1.51. The number of imide groups is 1. The van der Waals surface area contributed by atoms with Gasteiger partial charge in [0.25, 0.3) is 0 Å². The fourth-order valence-electron chi connectivity index (χ4n) is 2.37. The van der Waals surface area contributed by atoms with Crippen LogP contribution in [-0.2, 0) is 6.42 Å². The second-order valence-corrected chi connectivity index (χ2v) is 7.04. The molecule has 0 unspecified atom stereocenters. The van der Waals surface area contributed by atoms with E-state index >= 15 is 0 Å². The van der Waals surface area contributed by atoms with E-state index in [9.17, 15) is 9.59 Å². The fourth-order valence-corrected chi connectivity index (χ4v) is 3.30. The number of imidazole rings is 1. The Kier molecular flexibility index (Phi) is 5.87. The number of rotatable bonds is 4. The summed E-state index contributed by atoms with van der Waals surface area (Å²) in [5.41, 5.74) is 2.05. The molecule has 5 nitrogen and oxygen atoms in total. The quantitative estimate of drug-likeness (QED) is 0.489. The summed E-state index contributed by atoms with van der Waals surface area (Å²) < 4.78 is 2.05. The Morgan fingerprint density at radius 1 is 1.09 bits per heavy atom. The molecule has 2 heterocycles. The molecule has 0 spiro atoms. The van der Waals surface area contributed by atoms with Gasteiger partial charge in [0.1, 0.15) is 0 Å². The number of carbonyl (C=O) groups is 2. The van der Waals surface area contributed by atoms with Gasteiger partial charge >= 0.3 is 133 Å². The van der Waals surface area contributed by atoms with Gasteiger partial charge in [-0.15, -0.1) is 0 Å². The van der Waals surface area contributed by atoms with E-state index in [0.717, 1.165) is 44.6 Å². The maximum atomic E-state index is 12.1. The number of aryl methyl sites for hydroxylation is 1. The van der Waals surface area contributed by atoms with Crippen LogP contribution < -0.4 is 0 Å². The topological polar surface area (TPSA) is 55.2 Å². The van der Waals surface area contributed by atoms with Gasteiger partial charge in [0.2, 0.25) is 0 Å². The molecule has 0 saturated heterocycles. The van der Waals surface area contributed by atoms with E-state index < -0.39 is 0 Å². The zero-order valence-electron chi connectivity index (χ0n) is 12.8. The van der Waals surface area contributed by atoms with E-state index in [1.165, 1.54) is 4.90 Å². The van der Waals surface area contributed by atoms with Crippen LogP contribution in [0.25, 0.3) is 0 Å². The first-order chi connectivity index (χ1) is 10.7. The van der Waals surface area contributed by atoms with E-state index in [-0.39, 0.29) is 11.8 Å². The molecule has 0 atom stereocenters. The normalized spacial score (nSPS) is 12.9. The molecular weight excluding hydrogens is 471 g/mol. The Bertz CT molecular complexity index is 647. The third-order valence-corrected chi connectivity index (χ3v) is 4.45. The van der Waals surface area contributed by atoms with Crippen LogP contribution in [0.4, 0.5) is 0 Å². The van der Waals surface area contributed by atoms with Crippen molar-refractivity contribution in [2.45, 2.75) is 26.7 Å². The third-order valence-electron chi connectivity index (χ3n) is 3.35. The van der Waals surface area contributed by atoms with Crippen molar-refractivity contribution in [1.29, 1.82) is 0 Å². The molecule has 2 aromatic rings. The van der Waals surface area contributed by atoms with Gasteiger partial charge in [0.05, 0.1) is 0 Å². The molecule has 6 heteroatoms. The van der Waals surface area contributed by atoms with Gasteiger partial charge in [-0.25, -0.2) is 0 Å². The van der Waals surface area contributed by atoms with Gasteiger partial charge in [-0.3, -0.25) is 0 Å². The molecule has 1 aromatic carbocycles. The monoisotopic (exact) mass is 489 g/mol. The van der Waals surface area contributed by atoms with Gasteiger partial charge in [-0.05, 0) is 0 Å². The molecule has 3 rings (SSSR count). The summed E-state index contributed by atoms with van der Waals surface area (Å²) >= 11 is 0.720. The summed E-state index contributed by atoms with van der Waals surface area (Å²) in [6.45, 7) is 4.45. The van der Waals surface area contributed by atoms with Crippen molar-refractivity contribution in [1.82, 2.24) is 12.3 Å². The van der Waals surface area contributed by atoms with Gasteiger partial charge in [0.15, 0.2) is 0 Å². The van der Waals surface area contributed by atoms with Crippen LogP contribution in [0.1, 0.15) is 46.7 Å². The van der Waals surface area contributed by atoms with Crippen LogP contribution in [-0.4, -0.2) is 56.7 Å². The molecule has 22 heavy (non-hydrogen) atoms. The van der Waals surface area contributed by atoms with E-state index in [0.29, 0.717) is 17.7 Å². The summed E-state index contributed by atoms with van der Waals surface area (Å²) in [4.78, 5) is 29.9. The average molecular weight is 489 g/mol. The van der Waals surface area contributed by atoms with Gasteiger partial charge in [-0.1, -0.05) is 13.8 Å². The number of benzene rings is 1. The molecular formula is C16H18N3O2Tl. The molecule has 0 saturated carbocycles. The summed E-state index contributed by atoms with van der Waals surface area (Å²) in [6, 6.07) is 6.98. The number of hydrogen-bond acceptors (Lipinski definition) is 3. The first-order valence-electron chi connectivity index (χ1n) is 7.40. The van der Waals surface area contributed by atoms with Crippen LogP contribution in [0.15, 0.2) is 36.8 Å². The van der Waals surface area contributed by atoms with Crippen molar-refractivity contribution < 1.29 is 9.59 Å². The number of aromatic nitrogens is 2. The molecule has 112 valence electrons. The van der Waals surface area contributed by atoms with Crippen molar-refractivity contribution in [3.8, 4) is 0 Å². The minimum absolute atomic E-state index is 0.180. The Balaban J connectivity index is 0.000000847. The van der Waals surface area contributed by atoms with Crippen molar-refractivity contribution in [2.24, 2.45) is 0 Å². The molecule has 1 aliphatic heterocycles. The zero-order chi connectivity index (χ0) is 16.1. The van der Waals surface area contributed by atoms with E-state index in [1.54, 1.807) is 24.3 Å². The molecule has 0 N–H and O–H groups in total. The van der Waals surface area contributed by atoms with Crippen LogP contribution in [0.3, 0.4) is 0 Å². The molecule has 0 radical (unpaired) electrons. The predicted octanol–water partition coefficient (Wildman–Crippen LogP) is 2.07. The summed E-state index contributed by atoms with van der Waals surface area (Å²) in [5.74, 6) is -0.360. The summed E-state index contributed by atoms with van der Waals surface area (Å²) in [6.07, 6.45) is 5.37. The second kappa shape index (κ2) is 7.66. The molecule has 0 bridgehead atoms. The Labute approximate surface area is 146 Å². The van der Waals surface area contributed by atoms with Gasteiger partial charge < -0.3 is 0 Å². The third kappa shape index (κ3) is 3.45. The number of fused-ring (bicyclic) bond motifs is 1. The van der Waals surface area contributed by atoms with E-state index in [2.05, 4.69) is 7.36 Å². The first kappa shape index (κ1) is 16.9. The summed E-state index contributed by atoms with van der Waals surface area (Å²) in [7, 11) is 0. The van der Waals surface area contributed by atoms with Crippen molar-refractivity contribution in [3.05, 3.63) is 53.6 Å². The van der Waals surface area contributed by atoms with Crippen LogP contribution in [0.2, 0.25) is 0 Å². The van der Waals surface area contributed by atoms with Gasteiger partial charge in [-0.2, -0.15) is 0 Å². The average Bonchev–Trinajstić information content (AvgIpc) is 3.07. The number of amides is 2.